The second-order valence-electron chi connectivity index (χ2n) is 7.34. The molecule has 0 aliphatic heterocycles. The molecule has 9 heteroatoms. The average Bonchev–Trinajstić information content (AvgIpc) is 2.79. The Balaban J connectivity index is 0.00000408. The molecule has 0 unspecified atom stereocenters. The van der Waals surface area contributed by atoms with Crippen LogP contribution in [0.1, 0.15) is 21.5 Å². The van der Waals surface area contributed by atoms with Crippen LogP contribution in [0.2, 0.25) is 5.02 Å². The minimum Gasteiger partial charge on any atom is -0.649 e. The van der Waals surface area contributed by atoms with Gasteiger partial charge in [0.1, 0.15) is 6.04 Å². The number of halogens is 1. The van der Waals surface area contributed by atoms with Crippen molar-refractivity contribution in [3.8, 4) is 11.1 Å². The second-order valence-corrected chi connectivity index (χ2v) is 7.74. The minimum absolute atomic E-state index is 0. The van der Waals surface area contributed by atoms with Crippen molar-refractivity contribution >= 4 is 29.4 Å². The fourth-order valence-corrected chi connectivity index (χ4v) is 3.57. The van der Waals surface area contributed by atoms with E-state index in [1.807, 2.05) is 36.4 Å². The number of hydrogen-bond acceptors (Lipinski definition) is 3. The van der Waals surface area contributed by atoms with Gasteiger partial charge in [-0.15, -0.1) is 6.54 Å². The Labute approximate surface area is 238 Å². The summed E-state index contributed by atoms with van der Waals surface area (Å²) in [6.07, 6.45) is 0.0986. The first-order valence-corrected chi connectivity index (χ1v) is 10.5. The van der Waals surface area contributed by atoms with E-state index >= 15 is 0 Å². The van der Waals surface area contributed by atoms with E-state index in [1.54, 1.807) is 30.3 Å². The SMILES string of the molecule is O=C(O)C[N-]Cc1ccccc1-c1ccc(C[C@H](NC(=O)c2ccccc2Cl)C(=O)O)cc1.[Ac]. The Bertz CT molecular complexity index is 1150. The van der Waals surface area contributed by atoms with E-state index in [0.29, 0.717) is 0 Å². The molecule has 0 spiro atoms. The van der Waals surface area contributed by atoms with Gasteiger partial charge < -0.3 is 20.8 Å². The number of amides is 1. The zero-order valence-corrected chi connectivity index (χ0v) is 23.7. The standard InChI is InChI=1S/C25H22ClN2O5.Ac/c26-21-8-4-3-7-20(21)24(31)28-22(25(32)33)13-16-9-11-17(12-10-16)19-6-2-1-5-18(19)14-27-15-23(29)30;/h1-12,22H,13-15H2,(H,28,31)(H,29,30)(H,32,33);/q-1;/t22-;/m0./s1. The fraction of sp³-hybridized carbons (Fsp3) is 0.160. The van der Waals surface area contributed by atoms with Crippen LogP contribution < -0.4 is 5.32 Å². The zero-order chi connectivity index (χ0) is 23.8. The van der Waals surface area contributed by atoms with Gasteiger partial charge in [-0.25, -0.2) is 4.79 Å². The molecule has 1 radical (unpaired) electrons. The van der Waals surface area contributed by atoms with Crippen molar-refractivity contribution in [1.82, 2.24) is 5.32 Å². The summed E-state index contributed by atoms with van der Waals surface area (Å²) in [5.74, 6) is -2.68. The van der Waals surface area contributed by atoms with Crippen molar-refractivity contribution in [3.63, 3.8) is 0 Å². The van der Waals surface area contributed by atoms with Crippen LogP contribution in [0.5, 0.6) is 0 Å². The number of rotatable bonds is 10. The Kier molecular flexibility index (Phi) is 11.2. The Morgan fingerprint density at radius 2 is 1.56 bits per heavy atom. The number of hydrogen-bond donors (Lipinski definition) is 3. The van der Waals surface area contributed by atoms with Crippen molar-refractivity contribution < 1.29 is 68.7 Å². The summed E-state index contributed by atoms with van der Waals surface area (Å²) in [6, 6.07) is 20.2. The van der Waals surface area contributed by atoms with Crippen LogP contribution in [-0.4, -0.2) is 40.6 Å². The van der Waals surface area contributed by atoms with E-state index in [9.17, 15) is 19.5 Å². The van der Waals surface area contributed by atoms with E-state index < -0.39 is 23.9 Å². The first-order valence-electron chi connectivity index (χ1n) is 10.2. The zero-order valence-electron chi connectivity index (χ0n) is 18.1. The average molecular weight is 693 g/mol. The van der Waals surface area contributed by atoms with E-state index in [1.165, 1.54) is 6.07 Å². The number of aliphatic carboxylic acids is 2. The molecule has 0 aliphatic carbocycles. The van der Waals surface area contributed by atoms with E-state index in [-0.39, 0.29) is 74.2 Å². The van der Waals surface area contributed by atoms with E-state index in [4.69, 9.17) is 16.7 Å². The third-order valence-electron chi connectivity index (χ3n) is 4.97. The maximum absolute atomic E-state index is 12.5. The number of carboxylic acids is 2. The molecule has 3 N–H and O–H groups in total. The summed E-state index contributed by atoms with van der Waals surface area (Å²) >= 11 is 6.03. The number of nitrogens with one attached hydrogen (secondary N) is 1. The van der Waals surface area contributed by atoms with E-state index in [2.05, 4.69) is 10.6 Å². The molecular weight excluding hydrogens is 671 g/mol. The van der Waals surface area contributed by atoms with Gasteiger partial charge in [0.2, 0.25) is 0 Å². The minimum atomic E-state index is -1.15. The van der Waals surface area contributed by atoms with Gasteiger partial charge in [-0.05, 0) is 35.4 Å². The Morgan fingerprint density at radius 1 is 0.912 bits per heavy atom. The largest absolute Gasteiger partial charge is 0.649 e. The van der Waals surface area contributed by atoms with Crippen molar-refractivity contribution in [3.05, 3.63) is 99.8 Å². The van der Waals surface area contributed by atoms with Crippen molar-refractivity contribution in [2.45, 2.75) is 19.0 Å². The molecule has 0 aliphatic rings. The van der Waals surface area contributed by atoms with Crippen LogP contribution in [-0.2, 0) is 22.6 Å². The molecule has 0 saturated carbocycles. The predicted molar refractivity (Wildman–Crippen MR) is 125 cm³/mol. The number of carboxylic acid groups (broad SMARTS) is 2. The van der Waals surface area contributed by atoms with Crippen LogP contribution in [0.15, 0.2) is 72.8 Å². The molecule has 3 aromatic carbocycles. The molecule has 0 aromatic heterocycles. The molecule has 1 atom stereocenters. The third-order valence-corrected chi connectivity index (χ3v) is 5.30. The molecule has 1 amide bonds. The summed E-state index contributed by atoms with van der Waals surface area (Å²) in [5, 5.41) is 25.2. The van der Waals surface area contributed by atoms with Crippen molar-refractivity contribution in [1.29, 1.82) is 0 Å². The molecule has 0 fully saturated rings. The Hall–Kier alpha value is -2.24. The van der Waals surface area contributed by atoms with Crippen LogP contribution in [0, 0.1) is 44.1 Å². The second kappa shape index (κ2) is 13.6. The molecule has 34 heavy (non-hydrogen) atoms. The molecule has 0 bridgehead atoms. The number of carbonyl (C=O) groups excluding carboxylic acids is 1. The van der Waals surface area contributed by atoms with Gasteiger partial charge in [0.25, 0.3) is 11.9 Å². The van der Waals surface area contributed by atoms with Crippen LogP contribution in [0.3, 0.4) is 0 Å². The third kappa shape index (κ3) is 7.92. The van der Waals surface area contributed by atoms with Crippen LogP contribution in [0.25, 0.3) is 16.4 Å². The molecule has 173 valence electrons. The quantitative estimate of drug-likeness (QED) is 0.292. The predicted octanol–water partition coefficient (Wildman–Crippen LogP) is 4.39. The summed E-state index contributed by atoms with van der Waals surface area (Å²) in [4.78, 5) is 34.9. The first-order chi connectivity index (χ1) is 15.8. The number of carbonyl (C=O) groups is 3. The molecule has 0 heterocycles. The summed E-state index contributed by atoms with van der Waals surface area (Å²) in [6.45, 7) is 0.0170. The summed E-state index contributed by atoms with van der Waals surface area (Å²) < 4.78 is 0. The monoisotopic (exact) mass is 692 g/mol. The Morgan fingerprint density at radius 3 is 2.21 bits per heavy atom. The first kappa shape index (κ1) is 28.0. The molecular formula is C25H22AcClN2O5-. The van der Waals surface area contributed by atoms with Crippen LogP contribution in [0.4, 0.5) is 0 Å². The van der Waals surface area contributed by atoms with Gasteiger partial charge in [0.05, 0.1) is 10.6 Å². The van der Waals surface area contributed by atoms with Gasteiger partial charge in [-0.2, -0.15) is 0 Å². The van der Waals surface area contributed by atoms with Crippen molar-refractivity contribution in [2.75, 3.05) is 6.54 Å². The molecule has 0 saturated heterocycles. The topological polar surface area (TPSA) is 118 Å². The van der Waals surface area contributed by atoms with Crippen LogP contribution >= 0.6 is 11.6 Å². The molecule has 3 aromatic rings. The smallest absolute Gasteiger partial charge is 0.326 e. The maximum atomic E-state index is 12.5. The van der Waals surface area contributed by atoms with E-state index in [0.717, 1.165) is 22.3 Å². The van der Waals surface area contributed by atoms with Gasteiger partial charge >= 0.3 is 5.97 Å². The summed E-state index contributed by atoms with van der Waals surface area (Å²) in [7, 11) is 0. The molecule has 3 rings (SSSR count). The normalized spacial score (nSPS) is 11.2. The number of benzene rings is 3. The number of nitrogens with zero attached hydrogens (tertiary/aromatic N) is 1. The van der Waals surface area contributed by atoms with Gasteiger partial charge in [0.15, 0.2) is 0 Å². The van der Waals surface area contributed by atoms with Crippen molar-refractivity contribution in [2.24, 2.45) is 0 Å². The maximum Gasteiger partial charge on any atom is 0.326 e. The van der Waals surface area contributed by atoms with Gasteiger partial charge in [-0.1, -0.05) is 77.8 Å². The molecule has 7 nitrogen and oxygen atoms in total. The van der Waals surface area contributed by atoms with Gasteiger partial charge in [0, 0.05) is 50.5 Å². The van der Waals surface area contributed by atoms with Gasteiger partial charge in [-0.3, -0.25) is 9.59 Å². The summed E-state index contributed by atoms with van der Waals surface area (Å²) in [5.41, 5.74) is 3.65. The fourth-order valence-electron chi connectivity index (χ4n) is 3.35.